The van der Waals surface area contributed by atoms with Crippen LogP contribution in [0.2, 0.25) is 0 Å². The van der Waals surface area contributed by atoms with Gasteiger partial charge in [-0.15, -0.1) is 5.10 Å². The average molecular weight is 195 g/mol. The van der Waals surface area contributed by atoms with Crippen molar-refractivity contribution < 1.29 is 0 Å². The molecule has 1 saturated heterocycles. The van der Waals surface area contributed by atoms with Gasteiger partial charge in [-0.1, -0.05) is 5.21 Å². The molecule has 0 amide bonds. The Morgan fingerprint density at radius 3 is 2.79 bits per heavy atom. The zero-order valence-electron chi connectivity index (χ0n) is 8.56. The van der Waals surface area contributed by atoms with Gasteiger partial charge in [-0.2, -0.15) is 0 Å². The second-order valence-electron chi connectivity index (χ2n) is 3.93. The first-order valence-corrected chi connectivity index (χ1v) is 5.09. The van der Waals surface area contributed by atoms with E-state index in [4.69, 9.17) is 5.73 Å². The summed E-state index contributed by atoms with van der Waals surface area (Å²) in [4.78, 5) is 2.34. The Kier molecular flexibility index (Phi) is 2.79. The van der Waals surface area contributed by atoms with E-state index in [1.807, 2.05) is 10.9 Å². The van der Waals surface area contributed by atoms with Gasteiger partial charge in [0.1, 0.15) is 0 Å². The first-order valence-electron chi connectivity index (χ1n) is 5.09. The highest BCUT2D eigenvalue weighted by Crippen LogP contribution is 2.20. The van der Waals surface area contributed by atoms with Gasteiger partial charge in [0.05, 0.1) is 17.9 Å². The summed E-state index contributed by atoms with van der Waals surface area (Å²) in [5.41, 5.74) is 6.37. The van der Waals surface area contributed by atoms with Crippen molar-refractivity contribution in [2.24, 2.45) is 5.73 Å². The van der Waals surface area contributed by atoms with Crippen molar-refractivity contribution in [1.29, 1.82) is 0 Å². The maximum absolute atomic E-state index is 5.49. The third-order valence-corrected chi connectivity index (χ3v) is 2.83. The van der Waals surface area contributed by atoms with Gasteiger partial charge in [0.2, 0.25) is 0 Å². The molecule has 1 aromatic heterocycles. The van der Waals surface area contributed by atoms with E-state index < -0.39 is 0 Å². The smallest absolute Gasteiger partial charge is 0.0962 e. The molecule has 1 aromatic rings. The topological polar surface area (TPSA) is 60.0 Å². The van der Waals surface area contributed by atoms with Crippen molar-refractivity contribution in [2.75, 3.05) is 20.1 Å². The molecule has 0 saturated carbocycles. The Labute approximate surface area is 83.9 Å². The Hall–Kier alpha value is -0.940. The van der Waals surface area contributed by atoms with Crippen LogP contribution in [0.15, 0.2) is 6.20 Å². The number of hydrogen-bond donors (Lipinski definition) is 1. The molecule has 1 aliphatic heterocycles. The lowest BCUT2D eigenvalue weighted by Gasteiger charge is -2.28. The maximum atomic E-state index is 5.49. The van der Waals surface area contributed by atoms with Crippen LogP contribution in [0, 0.1) is 0 Å². The molecule has 0 aromatic carbocycles. The zero-order valence-corrected chi connectivity index (χ0v) is 8.56. The molecule has 2 heterocycles. The fourth-order valence-corrected chi connectivity index (χ4v) is 1.84. The minimum atomic E-state index is 0.479. The predicted octanol–water partition coefficient (Wildman–Crippen LogP) is 0.00350. The van der Waals surface area contributed by atoms with Crippen molar-refractivity contribution in [1.82, 2.24) is 19.9 Å². The molecule has 0 radical (unpaired) electrons. The van der Waals surface area contributed by atoms with Crippen LogP contribution in [0.3, 0.4) is 0 Å². The van der Waals surface area contributed by atoms with Crippen molar-refractivity contribution in [3.8, 4) is 0 Å². The van der Waals surface area contributed by atoms with Gasteiger partial charge in [0.15, 0.2) is 0 Å². The summed E-state index contributed by atoms with van der Waals surface area (Å²) in [5.74, 6) is 0. The summed E-state index contributed by atoms with van der Waals surface area (Å²) >= 11 is 0. The lowest BCUT2D eigenvalue weighted by Crippen LogP contribution is -2.31. The molecule has 0 aliphatic carbocycles. The van der Waals surface area contributed by atoms with Crippen LogP contribution in [-0.4, -0.2) is 40.0 Å². The second kappa shape index (κ2) is 4.06. The molecular formula is C9H17N5. The van der Waals surface area contributed by atoms with E-state index in [2.05, 4.69) is 22.3 Å². The standard InChI is InChI=1S/C9H17N5/c1-13-4-2-9(3-5-13)14-7-8(6-10)11-12-14/h7,9H,2-6,10H2,1H3. The van der Waals surface area contributed by atoms with Crippen LogP contribution in [0.25, 0.3) is 0 Å². The molecule has 0 atom stereocenters. The second-order valence-corrected chi connectivity index (χ2v) is 3.93. The Bertz CT molecular complexity index is 287. The molecule has 2 rings (SSSR count). The van der Waals surface area contributed by atoms with E-state index in [0.29, 0.717) is 12.6 Å². The molecule has 0 spiro atoms. The van der Waals surface area contributed by atoms with E-state index in [-0.39, 0.29) is 0 Å². The number of aromatic nitrogens is 3. The Morgan fingerprint density at radius 2 is 2.21 bits per heavy atom. The number of likely N-dealkylation sites (tertiary alicyclic amines) is 1. The zero-order chi connectivity index (χ0) is 9.97. The van der Waals surface area contributed by atoms with Gasteiger partial charge in [0.25, 0.3) is 0 Å². The van der Waals surface area contributed by atoms with Crippen LogP contribution in [0.4, 0.5) is 0 Å². The summed E-state index contributed by atoms with van der Waals surface area (Å²) in [5, 5.41) is 8.11. The normalized spacial score (nSPS) is 20.1. The van der Waals surface area contributed by atoms with Gasteiger partial charge in [-0.3, -0.25) is 0 Å². The highest BCUT2D eigenvalue weighted by Gasteiger charge is 2.18. The largest absolute Gasteiger partial charge is 0.325 e. The summed E-state index contributed by atoms with van der Waals surface area (Å²) in [7, 11) is 2.16. The van der Waals surface area contributed by atoms with Gasteiger partial charge in [0, 0.05) is 6.54 Å². The van der Waals surface area contributed by atoms with Crippen LogP contribution >= 0.6 is 0 Å². The quantitative estimate of drug-likeness (QED) is 0.722. The lowest BCUT2D eigenvalue weighted by atomic mass is 10.1. The number of piperidine rings is 1. The molecule has 78 valence electrons. The Morgan fingerprint density at radius 1 is 1.50 bits per heavy atom. The minimum absolute atomic E-state index is 0.479. The molecule has 0 unspecified atom stereocenters. The average Bonchev–Trinajstić information content (AvgIpc) is 2.67. The molecule has 0 bridgehead atoms. The van der Waals surface area contributed by atoms with E-state index in [1.165, 1.54) is 0 Å². The Balaban J connectivity index is 2.01. The minimum Gasteiger partial charge on any atom is -0.325 e. The molecular weight excluding hydrogens is 178 g/mol. The van der Waals surface area contributed by atoms with Crippen molar-refractivity contribution in [3.63, 3.8) is 0 Å². The maximum Gasteiger partial charge on any atom is 0.0962 e. The van der Waals surface area contributed by atoms with Gasteiger partial charge in [-0.25, -0.2) is 4.68 Å². The third-order valence-electron chi connectivity index (χ3n) is 2.83. The number of nitrogens with two attached hydrogens (primary N) is 1. The van der Waals surface area contributed by atoms with Crippen molar-refractivity contribution in [3.05, 3.63) is 11.9 Å². The van der Waals surface area contributed by atoms with Crippen molar-refractivity contribution in [2.45, 2.75) is 25.4 Å². The van der Waals surface area contributed by atoms with Crippen molar-refractivity contribution >= 4 is 0 Å². The third kappa shape index (κ3) is 1.93. The van der Waals surface area contributed by atoms with Gasteiger partial charge < -0.3 is 10.6 Å². The summed E-state index contributed by atoms with van der Waals surface area (Å²) in [6.07, 6.45) is 4.28. The van der Waals surface area contributed by atoms with Gasteiger partial charge >= 0.3 is 0 Å². The van der Waals surface area contributed by atoms with E-state index in [0.717, 1.165) is 31.6 Å². The van der Waals surface area contributed by atoms with Crippen LogP contribution in [0.1, 0.15) is 24.6 Å². The molecule has 5 nitrogen and oxygen atoms in total. The van der Waals surface area contributed by atoms with E-state index in [1.54, 1.807) is 0 Å². The monoisotopic (exact) mass is 195 g/mol. The summed E-state index contributed by atoms with van der Waals surface area (Å²) in [6.45, 7) is 2.76. The molecule has 1 aliphatic rings. The fraction of sp³-hybridized carbons (Fsp3) is 0.778. The number of nitrogens with zero attached hydrogens (tertiary/aromatic N) is 4. The number of hydrogen-bond acceptors (Lipinski definition) is 4. The highest BCUT2D eigenvalue weighted by atomic mass is 15.4. The summed E-state index contributed by atoms with van der Waals surface area (Å²) < 4.78 is 1.97. The SMILES string of the molecule is CN1CCC(n2cc(CN)nn2)CC1. The fourth-order valence-electron chi connectivity index (χ4n) is 1.84. The highest BCUT2D eigenvalue weighted by molar-refractivity contribution is 4.92. The predicted molar refractivity (Wildman–Crippen MR) is 53.7 cm³/mol. The number of rotatable bonds is 2. The molecule has 1 fully saturated rings. The first-order chi connectivity index (χ1) is 6.79. The van der Waals surface area contributed by atoms with E-state index in [9.17, 15) is 0 Å². The van der Waals surface area contributed by atoms with Crippen LogP contribution in [-0.2, 0) is 6.54 Å². The van der Waals surface area contributed by atoms with Crippen LogP contribution < -0.4 is 5.73 Å². The summed E-state index contributed by atoms with van der Waals surface area (Å²) in [6, 6.07) is 0.513. The molecule has 5 heteroatoms. The molecule has 14 heavy (non-hydrogen) atoms. The first kappa shape index (κ1) is 9.61. The lowest BCUT2D eigenvalue weighted by molar-refractivity contribution is 0.210. The van der Waals surface area contributed by atoms with Gasteiger partial charge in [-0.05, 0) is 33.0 Å². The molecule has 2 N–H and O–H groups in total. The van der Waals surface area contributed by atoms with Crippen LogP contribution in [0.5, 0.6) is 0 Å². The van der Waals surface area contributed by atoms with E-state index >= 15 is 0 Å².